The topological polar surface area (TPSA) is 106 Å². The van der Waals surface area contributed by atoms with Crippen LogP contribution in [0, 0.1) is 13.8 Å². The molecule has 0 bridgehead atoms. The summed E-state index contributed by atoms with van der Waals surface area (Å²) in [5, 5.41) is 12.3. The molecule has 4 aromatic heterocycles. The molecule has 5 rings (SSSR count). The lowest BCUT2D eigenvalue weighted by Gasteiger charge is -2.39. The summed E-state index contributed by atoms with van der Waals surface area (Å²) in [4.78, 5) is 18.0. The predicted octanol–water partition coefficient (Wildman–Crippen LogP) is 2.89. The van der Waals surface area contributed by atoms with Gasteiger partial charge in [0.1, 0.15) is 11.8 Å². The number of fused-ring (bicyclic) bond motifs is 3. The van der Waals surface area contributed by atoms with Gasteiger partial charge in [-0.25, -0.2) is 19.9 Å². The van der Waals surface area contributed by atoms with E-state index in [1.165, 1.54) is 6.33 Å². The second kappa shape index (κ2) is 6.47. The molecule has 154 valence electrons. The minimum Gasteiger partial charge on any atom is -0.431 e. The number of nitrogens with zero attached hydrogens (tertiary/aromatic N) is 7. The summed E-state index contributed by atoms with van der Waals surface area (Å²) in [7, 11) is 0. The molecular formula is C18H15F3N8O. The lowest BCUT2D eigenvalue weighted by molar-refractivity contribution is -0.138. The van der Waals surface area contributed by atoms with Crippen LogP contribution < -0.4 is 10.2 Å². The summed E-state index contributed by atoms with van der Waals surface area (Å²) in [5.41, 5.74) is 2.40. The van der Waals surface area contributed by atoms with Gasteiger partial charge in [0.15, 0.2) is 11.4 Å². The van der Waals surface area contributed by atoms with Gasteiger partial charge >= 0.3 is 6.18 Å². The van der Waals surface area contributed by atoms with Crippen LogP contribution in [0.4, 0.5) is 24.9 Å². The Morgan fingerprint density at radius 3 is 2.50 bits per heavy atom. The third-order valence-corrected chi connectivity index (χ3v) is 5.13. The molecule has 0 aliphatic carbocycles. The zero-order chi connectivity index (χ0) is 21.0. The Kier molecular flexibility index (Phi) is 3.98. The van der Waals surface area contributed by atoms with Gasteiger partial charge in [-0.3, -0.25) is 0 Å². The van der Waals surface area contributed by atoms with Crippen molar-refractivity contribution in [2.75, 3.05) is 23.3 Å². The molecule has 0 spiro atoms. The molecular weight excluding hydrogens is 401 g/mol. The zero-order valence-electron chi connectivity index (χ0n) is 15.9. The molecule has 4 aromatic rings. The van der Waals surface area contributed by atoms with Crippen molar-refractivity contribution in [2.45, 2.75) is 26.1 Å². The summed E-state index contributed by atoms with van der Waals surface area (Å²) >= 11 is 0. The van der Waals surface area contributed by atoms with Crippen LogP contribution in [0.25, 0.3) is 22.2 Å². The maximum atomic E-state index is 12.6. The number of aryl methyl sites for hydroxylation is 2. The number of furan rings is 1. The molecule has 0 amide bonds. The molecule has 1 saturated heterocycles. The second-order valence-corrected chi connectivity index (χ2v) is 7.11. The van der Waals surface area contributed by atoms with Gasteiger partial charge in [-0.05, 0) is 19.4 Å². The van der Waals surface area contributed by atoms with E-state index in [0.29, 0.717) is 35.7 Å². The van der Waals surface area contributed by atoms with Crippen LogP contribution in [0.5, 0.6) is 0 Å². The molecule has 9 nitrogen and oxygen atoms in total. The van der Waals surface area contributed by atoms with Crippen LogP contribution in [-0.2, 0) is 6.18 Å². The first-order valence-corrected chi connectivity index (χ1v) is 9.09. The normalized spacial score (nSPS) is 15.0. The molecule has 0 aromatic carbocycles. The molecule has 1 fully saturated rings. The van der Waals surface area contributed by atoms with Crippen molar-refractivity contribution in [3.63, 3.8) is 0 Å². The van der Waals surface area contributed by atoms with Gasteiger partial charge in [-0.1, -0.05) is 0 Å². The quantitative estimate of drug-likeness (QED) is 0.540. The highest BCUT2D eigenvalue weighted by Crippen LogP contribution is 2.33. The minimum atomic E-state index is -4.45. The number of halogens is 3. The minimum absolute atomic E-state index is 0.00359. The average molecular weight is 416 g/mol. The van der Waals surface area contributed by atoms with Gasteiger partial charge in [-0.2, -0.15) is 18.3 Å². The number of aromatic nitrogens is 6. The molecule has 12 heteroatoms. The molecule has 5 heterocycles. The molecule has 30 heavy (non-hydrogen) atoms. The van der Waals surface area contributed by atoms with Crippen LogP contribution in [0.1, 0.15) is 16.8 Å². The Bertz CT molecular complexity index is 1250. The molecule has 1 N–H and O–H groups in total. The van der Waals surface area contributed by atoms with E-state index in [2.05, 4.69) is 35.5 Å². The van der Waals surface area contributed by atoms with Gasteiger partial charge in [-0.15, -0.1) is 5.10 Å². The highest BCUT2D eigenvalue weighted by Gasteiger charge is 2.33. The first-order valence-electron chi connectivity index (χ1n) is 9.09. The summed E-state index contributed by atoms with van der Waals surface area (Å²) in [6.45, 7) is 4.82. The van der Waals surface area contributed by atoms with Crippen molar-refractivity contribution in [3.05, 3.63) is 35.5 Å². The fourth-order valence-corrected chi connectivity index (χ4v) is 3.34. The van der Waals surface area contributed by atoms with Crippen LogP contribution in [-0.4, -0.2) is 49.3 Å². The highest BCUT2D eigenvalue weighted by molar-refractivity contribution is 6.05. The Balaban J connectivity index is 1.35. The lowest BCUT2D eigenvalue weighted by atomic mass is 10.1. The summed E-state index contributed by atoms with van der Waals surface area (Å²) in [5.74, 6) is 0.770. The highest BCUT2D eigenvalue weighted by atomic mass is 19.4. The monoisotopic (exact) mass is 416 g/mol. The van der Waals surface area contributed by atoms with Gasteiger partial charge < -0.3 is 14.6 Å². The molecule has 1 aliphatic rings. The summed E-state index contributed by atoms with van der Waals surface area (Å²) < 4.78 is 43.8. The number of alkyl halides is 3. The molecule has 0 radical (unpaired) electrons. The smallest absolute Gasteiger partial charge is 0.419 e. The first kappa shape index (κ1) is 18.5. The fraction of sp³-hybridized carbons (Fsp3) is 0.333. The van der Waals surface area contributed by atoms with E-state index >= 15 is 0 Å². The number of anilines is 2. The zero-order valence-corrected chi connectivity index (χ0v) is 15.9. The van der Waals surface area contributed by atoms with E-state index in [0.717, 1.165) is 29.0 Å². The van der Waals surface area contributed by atoms with Gasteiger partial charge in [0.2, 0.25) is 11.7 Å². The SMILES string of the molecule is Cc1nnc2oc3c(NC4CN(c5ncc(C(F)(F)F)cn5)C4)ncnc3c2c1C. The maximum Gasteiger partial charge on any atom is 0.419 e. The second-order valence-electron chi connectivity index (χ2n) is 7.11. The van der Waals surface area contributed by atoms with E-state index in [-0.39, 0.29) is 12.0 Å². The van der Waals surface area contributed by atoms with E-state index < -0.39 is 11.7 Å². The van der Waals surface area contributed by atoms with E-state index in [1.54, 1.807) is 4.90 Å². The van der Waals surface area contributed by atoms with Gasteiger partial charge in [0, 0.05) is 25.5 Å². The van der Waals surface area contributed by atoms with E-state index in [9.17, 15) is 13.2 Å². The molecule has 1 aliphatic heterocycles. The maximum absolute atomic E-state index is 12.6. The van der Waals surface area contributed by atoms with Crippen LogP contribution in [0.2, 0.25) is 0 Å². The van der Waals surface area contributed by atoms with Crippen molar-refractivity contribution in [3.8, 4) is 0 Å². The van der Waals surface area contributed by atoms with Crippen LogP contribution >= 0.6 is 0 Å². The van der Waals surface area contributed by atoms with Gasteiger partial charge in [0.05, 0.1) is 22.7 Å². The van der Waals surface area contributed by atoms with Crippen molar-refractivity contribution in [1.29, 1.82) is 0 Å². The number of hydrogen-bond acceptors (Lipinski definition) is 9. The van der Waals surface area contributed by atoms with Crippen molar-refractivity contribution >= 4 is 34.0 Å². The Morgan fingerprint density at radius 2 is 1.80 bits per heavy atom. The van der Waals surface area contributed by atoms with Crippen molar-refractivity contribution < 1.29 is 17.6 Å². The van der Waals surface area contributed by atoms with Crippen LogP contribution in [0.15, 0.2) is 23.1 Å². The standard InChI is InChI=1S/C18H15F3N8O/c1-8-9(2)27-28-16-12(8)13-14(30-16)15(25-7-24-13)26-11-5-29(6-11)17-22-3-10(4-23-17)18(19,20)21/h3-4,7,11H,5-6H2,1-2H3,(H,24,25,26). The third-order valence-electron chi connectivity index (χ3n) is 5.13. The average Bonchev–Trinajstić information content (AvgIpc) is 3.07. The van der Waals surface area contributed by atoms with Gasteiger partial charge in [0.25, 0.3) is 0 Å². The number of hydrogen-bond donors (Lipinski definition) is 1. The number of nitrogens with one attached hydrogen (secondary N) is 1. The third kappa shape index (κ3) is 2.95. The molecule has 0 atom stereocenters. The molecule has 0 unspecified atom stereocenters. The van der Waals surface area contributed by atoms with E-state index in [1.807, 2.05) is 13.8 Å². The van der Waals surface area contributed by atoms with E-state index in [4.69, 9.17) is 4.42 Å². The largest absolute Gasteiger partial charge is 0.431 e. The van der Waals surface area contributed by atoms with Crippen molar-refractivity contribution in [1.82, 2.24) is 30.1 Å². The molecule has 0 saturated carbocycles. The van der Waals surface area contributed by atoms with Crippen LogP contribution in [0.3, 0.4) is 0 Å². The summed E-state index contributed by atoms with van der Waals surface area (Å²) in [6, 6.07) is -0.00359. The Morgan fingerprint density at radius 1 is 1.07 bits per heavy atom. The predicted molar refractivity (Wildman–Crippen MR) is 101 cm³/mol. The Hall–Kier alpha value is -3.57. The fourth-order valence-electron chi connectivity index (χ4n) is 3.34. The number of rotatable bonds is 3. The first-order chi connectivity index (χ1) is 14.3. The summed E-state index contributed by atoms with van der Waals surface area (Å²) in [6.07, 6.45) is -1.43. The van der Waals surface area contributed by atoms with Crippen molar-refractivity contribution in [2.24, 2.45) is 0 Å². The Labute approximate surface area is 167 Å². The lowest BCUT2D eigenvalue weighted by Crippen LogP contribution is -2.55.